The standard InChI is InChI=1S/C12H14N6O4/c1-12(2)3-7(19)9(8(20)4-12)10-6(18(21)22)5-13-11-14-15-16-17(10)11/h5,10,19H,3-4H2,1-2H3,(H,13,14,16)/t10-/m0/s1. The van der Waals surface area contributed by atoms with Gasteiger partial charge < -0.3 is 10.4 Å². The number of Topliss-reactive ketones (excluding diaryl/α,β-unsaturated/α-hetero) is 1. The van der Waals surface area contributed by atoms with Gasteiger partial charge in [-0.1, -0.05) is 18.9 Å². The monoisotopic (exact) mass is 306 g/mol. The summed E-state index contributed by atoms with van der Waals surface area (Å²) < 4.78 is 1.14. The average Bonchev–Trinajstić information content (AvgIpc) is 2.84. The molecule has 0 fully saturated rings. The minimum absolute atomic E-state index is 0.0164. The minimum Gasteiger partial charge on any atom is -0.512 e. The number of nitro groups is 1. The van der Waals surface area contributed by atoms with Gasteiger partial charge in [-0.15, -0.1) is 0 Å². The van der Waals surface area contributed by atoms with E-state index in [1.54, 1.807) is 0 Å². The molecule has 2 heterocycles. The van der Waals surface area contributed by atoms with Gasteiger partial charge in [0.1, 0.15) is 5.76 Å². The lowest BCUT2D eigenvalue weighted by Gasteiger charge is -2.32. The van der Waals surface area contributed by atoms with Crippen molar-refractivity contribution >= 4 is 11.7 Å². The number of ketones is 1. The molecule has 0 aromatic carbocycles. The van der Waals surface area contributed by atoms with Gasteiger partial charge in [-0.3, -0.25) is 14.9 Å². The first-order chi connectivity index (χ1) is 10.3. The molecule has 0 saturated heterocycles. The summed E-state index contributed by atoms with van der Waals surface area (Å²) in [4.78, 5) is 23.1. The van der Waals surface area contributed by atoms with E-state index in [1.807, 2.05) is 13.8 Å². The molecule has 10 nitrogen and oxygen atoms in total. The molecular formula is C12H14N6O4. The Balaban J connectivity index is 2.15. The summed E-state index contributed by atoms with van der Waals surface area (Å²) in [6, 6.07) is -1.13. The van der Waals surface area contributed by atoms with E-state index < -0.39 is 11.0 Å². The highest BCUT2D eigenvalue weighted by Gasteiger charge is 2.44. The highest BCUT2D eigenvalue weighted by atomic mass is 16.6. The van der Waals surface area contributed by atoms with Crippen LogP contribution in [0.4, 0.5) is 5.95 Å². The molecule has 0 saturated carbocycles. The van der Waals surface area contributed by atoms with E-state index in [9.17, 15) is 20.0 Å². The molecule has 1 aliphatic carbocycles. The largest absolute Gasteiger partial charge is 0.512 e. The number of nitrogens with one attached hydrogen (secondary N) is 1. The Labute approximate surface area is 124 Å². The number of aliphatic hydroxyl groups is 1. The van der Waals surface area contributed by atoms with Crippen LogP contribution in [0.15, 0.2) is 23.2 Å². The van der Waals surface area contributed by atoms with Crippen molar-refractivity contribution in [3.8, 4) is 0 Å². The van der Waals surface area contributed by atoms with E-state index in [4.69, 9.17) is 0 Å². The van der Waals surface area contributed by atoms with Crippen molar-refractivity contribution in [2.75, 3.05) is 5.32 Å². The van der Waals surface area contributed by atoms with Gasteiger partial charge in [0.05, 0.1) is 16.7 Å². The molecular weight excluding hydrogens is 292 g/mol. The van der Waals surface area contributed by atoms with Gasteiger partial charge in [-0.05, 0) is 15.8 Å². The average molecular weight is 306 g/mol. The van der Waals surface area contributed by atoms with Crippen molar-refractivity contribution in [3.05, 3.63) is 33.3 Å². The predicted molar refractivity (Wildman–Crippen MR) is 73.2 cm³/mol. The number of nitrogens with zero attached hydrogens (tertiary/aromatic N) is 5. The first-order valence-electron chi connectivity index (χ1n) is 6.64. The lowest BCUT2D eigenvalue weighted by Crippen LogP contribution is -2.34. The molecule has 3 rings (SSSR count). The second kappa shape index (κ2) is 4.61. The van der Waals surface area contributed by atoms with Crippen LogP contribution in [-0.4, -0.2) is 36.0 Å². The van der Waals surface area contributed by atoms with Crippen molar-refractivity contribution in [2.45, 2.75) is 32.7 Å². The van der Waals surface area contributed by atoms with Crippen LogP contribution in [0.5, 0.6) is 0 Å². The number of tetrazole rings is 1. The van der Waals surface area contributed by atoms with Gasteiger partial charge >= 0.3 is 0 Å². The van der Waals surface area contributed by atoms with E-state index >= 15 is 0 Å². The summed E-state index contributed by atoms with van der Waals surface area (Å²) in [6.45, 7) is 3.71. The van der Waals surface area contributed by atoms with Gasteiger partial charge in [0, 0.05) is 12.8 Å². The van der Waals surface area contributed by atoms with Gasteiger partial charge in [-0.2, -0.15) is 4.68 Å². The number of anilines is 1. The molecule has 10 heteroatoms. The quantitative estimate of drug-likeness (QED) is 0.609. The number of aliphatic hydroxyl groups excluding tert-OH is 1. The number of allylic oxidation sites excluding steroid dienone is 2. The van der Waals surface area contributed by atoms with E-state index in [0.717, 1.165) is 10.9 Å². The van der Waals surface area contributed by atoms with Crippen LogP contribution in [0, 0.1) is 15.5 Å². The smallest absolute Gasteiger partial charge is 0.291 e. The van der Waals surface area contributed by atoms with E-state index in [0.29, 0.717) is 0 Å². The zero-order valence-electron chi connectivity index (χ0n) is 12.0. The maximum Gasteiger partial charge on any atom is 0.291 e. The SMILES string of the molecule is CC1(C)CC(=O)C([C@@H]2C([N+](=O)[O-])=CNc3nnnn32)=C(O)C1. The Morgan fingerprint density at radius 2 is 2.23 bits per heavy atom. The molecule has 22 heavy (non-hydrogen) atoms. The van der Waals surface area contributed by atoms with Crippen molar-refractivity contribution in [3.63, 3.8) is 0 Å². The highest BCUT2D eigenvalue weighted by Crippen LogP contribution is 2.42. The number of aromatic nitrogens is 4. The Hall–Kier alpha value is -2.78. The Morgan fingerprint density at radius 3 is 2.86 bits per heavy atom. The van der Waals surface area contributed by atoms with Crippen LogP contribution in [0.1, 0.15) is 32.7 Å². The first kappa shape index (κ1) is 14.2. The summed E-state index contributed by atoms with van der Waals surface area (Å²) in [5, 5.41) is 35.0. The van der Waals surface area contributed by atoms with Crippen LogP contribution in [0.3, 0.4) is 0 Å². The third kappa shape index (κ3) is 2.12. The van der Waals surface area contributed by atoms with Crippen molar-refractivity contribution < 1.29 is 14.8 Å². The molecule has 1 atom stereocenters. The first-order valence-corrected chi connectivity index (χ1v) is 6.64. The number of carbonyl (C=O) groups is 1. The molecule has 116 valence electrons. The second-order valence-electron chi connectivity index (χ2n) is 6.12. The number of carbonyl (C=O) groups excluding carboxylic acids is 1. The zero-order chi connectivity index (χ0) is 16.1. The van der Waals surface area contributed by atoms with Crippen molar-refractivity contribution in [1.29, 1.82) is 0 Å². The minimum atomic E-state index is -1.13. The Bertz CT molecular complexity index is 732. The summed E-state index contributed by atoms with van der Waals surface area (Å²) in [5.41, 5.74) is -0.703. The molecule has 2 aliphatic rings. The van der Waals surface area contributed by atoms with Crippen molar-refractivity contribution in [2.24, 2.45) is 5.41 Å². The normalized spacial score (nSPS) is 23.6. The van der Waals surface area contributed by atoms with Crippen molar-refractivity contribution in [1.82, 2.24) is 20.2 Å². The van der Waals surface area contributed by atoms with Crippen LogP contribution < -0.4 is 5.32 Å². The summed E-state index contributed by atoms with van der Waals surface area (Å²) in [5.74, 6) is -0.314. The van der Waals surface area contributed by atoms with E-state index in [-0.39, 0.29) is 47.0 Å². The fraction of sp³-hybridized carbons (Fsp3) is 0.500. The molecule has 0 amide bonds. The highest BCUT2D eigenvalue weighted by molar-refractivity contribution is 5.98. The maximum absolute atomic E-state index is 12.4. The Morgan fingerprint density at radius 1 is 1.50 bits per heavy atom. The van der Waals surface area contributed by atoms with Crippen LogP contribution in [0.25, 0.3) is 0 Å². The molecule has 0 unspecified atom stereocenters. The van der Waals surface area contributed by atoms with Crippen LogP contribution in [-0.2, 0) is 4.79 Å². The fourth-order valence-corrected chi connectivity index (χ4v) is 2.84. The van der Waals surface area contributed by atoms with Gasteiger partial charge in [-0.25, -0.2) is 0 Å². The number of hydrogen-bond acceptors (Lipinski definition) is 8. The fourth-order valence-electron chi connectivity index (χ4n) is 2.84. The summed E-state index contributed by atoms with van der Waals surface area (Å²) in [7, 11) is 0. The second-order valence-corrected chi connectivity index (χ2v) is 6.12. The van der Waals surface area contributed by atoms with Crippen LogP contribution in [0.2, 0.25) is 0 Å². The maximum atomic E-state index is 12.4. The number of rotatable bonds is 2. The summed E-state index contributed by atoms with van der Waals surface area (Å²) >= 11 is 0. The third-order valence-electron chi connectivity index (χ3n) is 3.75. The molecule has 1 aromatic rings. The van der Waals surface area contributed by atoms with Gasteiger partial charge in [0.2, 0.25) is 5.95 Å². The molecule has 2 N–H and O–H groups in total. The van der Waals surface area contributed by atoms with E-state index in [1.165, 1.54) is 0 Å². The number of fused-ring (bicyclic) bond motifs is 1. The van der Waals surface area contributed by atoms with Crippen LogP contribution >= 0.6 is 0 Å². The zero-order valence-corrected chi connectivity index (χ0v) is 12.0. The molecule has 1 aliphatic heterocycles. The number of hydrogen-bond donors (Lipinski definition) is 2. The van der Waals surface area contributed by atoms with E-state index in [2.05, 4.69) is 20.8 Å². The lowest BCUT2D eigenvalue weighted by molar-refractivity contribution is -0.431. The molecule has 0 bridgehead atoms. The molecule has 1 aromatic heterocycles. The third-order valence-corrected chi connectivity index (χ3v) is 3.75. The van der Waals surface area contributed by atoms with Gasteiger partial charge in [0.15, 0.2) is 11.8 Å². The molecule has 0 spiro atoms. The summed E-state index contributed by atoms with van der Waals surface area (Å²) in [6.07, 6.45) is 1.60. The Kier molecular flexibility index (Phi) is 2.97. The predicted octanol–water partition coefficient (Wildman–Crippen LogP) is 0.959. The molecule has 0 radical (unpaired) electrons. The lowest BCUT2D eigenvalue weighted by atomic mass is 9.74. The topological polar surface area (TPSA) is 136 Å². The van der Waals surface area contributed by atoms with Gasteiger partial charge in [0.25, 0.3) is 5.70 Å².